The molecule has 1 saturated heterocycles. The minimum Gasteiger partial charge on any atom is -0.484 e. The summed E-state index contributed by atoms with van der Waals surface area (Å²) in [7, 11) is 0. The second-order valence-electron chi connectivity index (χ2n) is 6.12. The SMILES string of the molecule is CCOC(=O)c1ccc(OCCC2CCN(c3ccc(Cl)nn3)CC2)s1. The van der Waals surface area contributed by atoms with Gasteiger partial charge in [-0.2, -0.15) is 0 Å². The Morgan fingerprint density at radius 2 is 2.08 bits per heavy atom. The lowest BCUT2D eigenvalue weighted by molar-refractivity contribution is 0.0532. The number of rotatable bonds is 7. The van der Waals surface area contributed by atoms with Gasteiger partial charge >= 0.3 is 5.97 Å². The lowest BCUT2D eigenvalue weighted by Crippen LogP contribution is -2.34. The van der Waals surface area contributed by atoms with Crippen molar-refractivity contribution in [1.29, 1.82) is 0 Å². The van der Waals surface area contributed by atoms with Crippen LogP contribution in [0.2, 0.25) is 5.15 Å². The molecular weight excluding hydrogens is 374 g/mol. The Balaban J connectivity index is 1.39. The molecule has 0 bridgehead atoms. The van der Waals surface area contributed by atoms with Gasteiger partial charge in [0.2, 0.25) is 0 Å². The number of halogens is 1. The van der Waals surface area contributed by atoms with Crippen LogP contribution in [0.4, 0.5) is 5.82 Å². The first-order chi connectivity index (χ1) is 12.7. The summed E-state index contributed by atoms with van der Waals surface area (Å²) in [6.07, 6.45) is 3.21. The van der Waals surface area contributed by atoms with Crippen molar-refractivity contribution in [1.82, 2.24) is 10.2 Å². The number of hydrogen-bond acceptors (Lipinski definition) is 7. The van der Waals surface area contributed by atoms with Gasteiger partial charge in [0.1, 0.15) is 4.88 Å². The van der Waals surface area contributed by atoms with E-state index in [1.165, 1.54) is 11.3 Å². The van der Waals surface area contributed by atoms with Gasteiger partial charge in [-0.05, 0) is 56.4 Å². The summed E-state index contributed by atoms with van der Waals surface area (Å²) in [6, 6.07) is 7.27. The van der Waals surface area contributed by atoms with Gasteiger partial charge in [-0.15, -0.1) is 10.2 Å². The number of carbonyl (C=O) groups excluding carboxylic acids is 1. The number of piperidine rings is 1. The molecule has 1 aliphatic rings. The maximum Gasteiger partial charge on any atom is 0.348 e. The molecule has 0 unspecified atom stereocenters. The summed E-state index contributed by atoms with van der Waals surface area (Å²) in [5, 5.41) is 9.23. The molecule has 3 heterocycles. The van der Waals surface area contributed by atoms with Crippen LogP contribution in [0.5, 0.6) is 5.06 Å². The molecule has 0 aliphatic carbocycles. The van der Waals surface area contributed by atoms with Gasteiger partial charge in [0.15, 0.2) is 16.0 Å². The van der Waals surface area contributed by atoms with E-state index in [2.05, 4.69) is 15.1 Å². The fraction of sp³-hybridized carbons (Fsp3) is 0.500. The third-order valence-electron chi connectivity index (χ3n) is 4.38. The first-order valence-electron chi connectivity index (χ1n) is 8.79. The van der Waals surface area contributed by atoms with Crippen LogP contribution in [0.1, 0.15) is 35.9 Å². The first-order valence-corrected chi connectivity index (χ1v) is 9.99. The largest absolute Gasteiger partial charge is 0.484 e. The maximum absolute atomic E-state index is 11.7. The van der Waals surface area contributed by atoms with Gasteiger partial charge < -0.3 is 14.4 Å². The van der Waals surface area contributed by atoms with Gasteiger partial charge in [-0.1, -0.05) is 22.9 Å². The molecule has 2 aromatic heterocycles. The van der Waals surface area contributed by atoms with E-state index in [0.29, 0.717) is 29.2 Å². The number of ether oxygens (including phenoxy) is 2. The molecule has 1 aliphatic heterocycles. The van der Waals surface area contributed by atoms with Crippen LogP contribution in [-0.2, 0) is 4.74 Å². The third kappa shape index (κ3) is 5.08. The van der Waals surface area contributed by atoms with E-state index in [1.54, 1.807) is 19.1 Å². The van der Waals surface area contributed by atoms with Gasteiger partial charge in [0.05, 0.1) is 13.2 Å². The Kier molecular flexibility index (Phi) is 6.68. The summed E-state index contributed by atoms with van der Waals surface area (Å²) in [5.74, 6) is 1.23. The van der Waals surface area contributed by atoms with Crippen LogP contribution < -0.4 is 9.64 Å². The quantitative estimate of drug-likeness (QED) is 0.659. The molecule has 1 fully saturated rings. The van der Waals surface area contributed by atoms with Gasteiger partial charge in [0.25, 0.3) is 0 Å². The molecule has 0 amide bonds. The van der Waals surface area contributed by atoms with Crippen molar-refractivity contribution in [3.8, 4) is 5.06 Å². The van der Waals surface area contributed by atoms with Crippen LogP contribution in [0, 0.1) is 5.92 Å². The topological polar surface area (TPSA) is 64.6 Å². The summed E-state index contributed by atoms with van der Waals surface area (Å²) in [6.45, 7) is 4.77. The zero-order valence-corrected chi connectivity index (χ0v) is 16.3. The highest BCUT2D eigenvalue weighted by molar-refractivity contribution is 7.15. The Labute approximate surface area is 162 Å². The molecule has 0 radical (unpaired) electrons. The first kappa shape index (κ1) is 18.9. The van der Waals surface area contributed by atoms with Crippen LogP contribution in [0.25, 0.3) is 0 Å². The zero-order valence-electron chi connectivity index (χ0n) is 14.7. The minimum atomic E-state index is -0.287. The lowest BCUT2D eigenvalue weighted by atomic mass is 9.94. The average molecular weight is 396 g/mol. The van der Waals surface area contributed by atoms with Crippen LogP contribution in [0.15, 0.2) is 24.3 Å². The number of esters is 1. The fourth-order valence-corrected chi connectivity index (χ4v) is 3.84. The normalized spacial score (nSPS) is 15.1. The smallest absolute Gasteiger partial charge is 0.348 e. The van der Waals surface area contributed by atoms with Crippen molar-refractivity contribution in [2.24, 2.45) is 5.92 Å². The van der Waals surface area contributed by atoms with Crippen molar-refractivity contribution < 1.29 is 14.3 Å². The van der Waals surface area contributed by atoms with E-state index in [4.69, 9.17) is 21.1 Å². The van der Waals surface area contributed by atoms with E-state index < -0.39 is 0 Å². The maximum atomic E-state index is 11.7. The monoisotopic (exact) mass is 395 g/mol. The molecule has 140 valence electrons. The molecule has 3 rings (SSSR count). The number of anilines is 1. The van der Waals surface area contributed by atoms with Crippen molar-refractivity contribution in [3.63, 3.8) is 0 Å². The fourth-order valence-electron chi connectivity index (χ4n) is 2.96. The number of hydrogen-bond donors (Lipinski definition) is 0. The highest BCUT2D eigenvalue weighted by atomic mass is 35.5. The molecule has 0 atom stereocenters. The van der Waals surface area contributed by atoms with E-state index >= 15 is 0 Å². The van der Waals surface area contributed by atoms with Crippen molar-refractivity contribution in [2.45, 2.75) is 26.2 Å². The molecule has 8 heteroatoms. The Bertz CT molecular complexity index is 715. The van der Waals surface area contributed by atoms with Crippen LogP contribution in [-0.4, -0.2) is 42.5 Å². The molecule has 0 N–H and O–H groups in total. The van der Waals surface area contributed by atoms with Gasteiger partial charge in [-0.3, -0.25) is 0 Å². The number of carbonyl (C=O) groups is 1. The van der Waals surface area contributed by atoms with Gasteiger partial charge in [-0.25, -0.2) is 4.79 Å². The van der Waals surface area contributed by atoms with E-state index in [-0.39, 0.29) is 5.97 Å². The Morgan fingerprint density at radius 1 is 1.27 bits per heavy atom. The van der Waals surface area contributed by atoms with Crippen molar-refractivity contribution >= 4 is 34.7 Å². The number of nitrogens with zero attached hydrogens (tertiary/aromatic N) is 3. The van der Waals surface area contributed by atoms with Crippen molar-refractivity contribution in [2.75, 3.05) is 31.2 Å². The highest BCUT2D eigenvalue weighted by Gasteiger charge is 2.20. The second-order valence-corrected chi connectivity index (χ2v) is 7.55. The number of thiophene rings is 1. The molecule has 0 aromatic carbocycles. The summed E-state index contributed by atoms with van der Waals surface area (Å²) in [4.78, 5) is 14.5. The molecule has 0 saturated carbocycles. The van der Waals surface area contributed by atoms with E-state index in [0.717, 1.165) is 43.2 Å². The summed E-state index contributed by atoms with van der Waals surface area (Å²) >= 11 is 7.12. The molecule has 0 spiro atoms. The number of aromatic nitrogens is 2. The van der Waals surface area contributed by atoms with E-state index in [9.17, 15) is 4.79 Å². The standard InChI is InChI=1S/C18H22ClN3O3S/c1-2-24-18(23)14-3-6-17(26-14)25-12-9-13-7-10-22(11-8-13)16-5-4-15(19)20-21-16/h3-6,13H,2,7-12H2,1H3. The minimum absolute atomic E-state index is 0.287. The molecular formula is C18H22ClN3O3S. The Hall–Kier alpha value is -1.86. The van der Waals surface area contributed by atoms with Gasteiger partial charge in [0, 0.05) is 13.1 Å². The van der Waals surface area contributed by atoms with Crippen molar-refractivity contribution in [3.05, 3.63) is 34.3 Å². The molecule has 26 heavy (non-hydrogen) atoms. The van der Waals surface area contributed by atoms with Crippen LogP contribution >= 0.6 is 22.9 Å². The summed E-state index contributed by atoms with van der Waals surface area (Å²) < 4.78 is 10.8. The highest BCUT2D eigenvalue weighted by Crippen LogP contribution is 2.27. The molecule has 2 aromatic rings. The third-order valence-corrected chi connectivity index (χ3v) is 5.56. The summed E-state index contributed by atoms with van der Waals surface area (Å²) in [5.41, 5.74) is 0. The van der Waals surface area contributed by atoms with E-state index in [1.807, 2.05) is 12.1 Å². The predicted molar refractivity (Wildman–Crippen MR) is 102 cm³/mol. The second kappa shape index (κ2) is 9.19. The Morgan fingerprint density at radius 3 is 2.77 bits per heavy atom. The zero-order chi connectivity index (χ0) is 18.4. The molecule has 6 nitrogen and oxygen atoms in total. The van der Waals surface area contributed by atoms with Crippen LogP contribution in [0.3, 0.4) is 0 Å². The lowest BCUT2D eigenvalue weighted by Gasteiger charge is -2.32. The predicted octanol–water partition coefficient (Wildman–Crippen LogP) is 4.05. The average Bonchev–Trinajstić information content (AvgIpc) is 3.12.